The Hall–Kier alpha value is -3.69. The Kier molecular flexibility index (Phi) is 9.43. The smallest absolute Gasteiger partial charge is 0.433 e. The van der Waals surface area contributed by atoms with E-state index in [0.29, 0.717) is 10.4 Å². The van der Waals surface area contributed by atoms with Crippen LogP contribution in [0, 0.1) is 11.6 Å². The maximum absolute atomic E-state index is 14.6. The van der Waals surface area contributed by atoms with Crippen molar-refractivity contribution in [2.24, 2.45) is 0 Å². The molecule has 1 aliphatic rings. The Bertz CT molecular complexity index is 1540. The number of rotatable bonds is 10. The number of pyridine rings is 1. The fourth-order valence-corrected chi connectivity index (χ4v) is 5.99. The second kappa shape index (κ2) is 12.7. The van der Waals surface area contributed by atoms with Crippen molar-refractivity contribution >= 4 is 15.9 Å². The number of amides is 1. The van der Waals surface area contributed by atoms with Crippen molar-refractivity contribution in [1.29, 1.82) is 0 Å². The summed E-state index contributed by atoms with van der Waals surface area (Å²) in [5.41, 5.74) is -0.911. The number of hydrogen-bond acceptors (Lipinski definition) is 6. The summed E-state index contributed by atoms with van der Waals surface area (Å²) < 4.78 is 119. The molecule has 1 saturated heterocycles. The van der Waals surface area contributed by atoms with Crippen molar-refractivity contribution in [2.45, 2.75) is 36.3 Å². The first-order valence-corrected chi connectivity index (χ1v) is 13.9. The quantitative estimate of drug-likeness (QED) is 0.266. The van der Waals surface area contributed by atoms with E-state index in [0.717, 1.165) is 42.5 Å². The summed E-state index contributed by atoms with van der Waals surface area (Å²) in [5, 5.41) is 2.46. The number of hydrogen-bond donors (Lipinski definition) is 1. The number of aromatic nitrogens is 1. The van der Waals surface area contributed by atoms with Crippen LogP contribution in [0.15, 0.2) is 59.5 Å². The topological polar surface area (TPSA) is 97.8 Å². The van der Waals surface area contributed by atoms with Crippen molar-refractivity contribution < 1.29 is 49.0 Å². The molecule has 0 radical (unpaired) electrons. The van der Waals surface area contributed by atoms with Gasteiger partial charge in [0.2, 0.25) is 21.8 Å². The van der Waals surface area contributed by atoms with Gasteiger partial charge in [0.1, 0.15) is 36.1 Å². The van der Waals surface area contributed by atoms with Crippen LogP contribution in [-0.4, -0.2) is 62.7 Å². The van der Waals surface area contributed by atoms with Crippen LogP contribution in [0.4, 0.5) is 26.3 Å². The van der Waals surface area contributed by atoms with E-state index in [9.17, 15) is 39.6 Å². The first kappa shape index (κ1) is 31.3. The number of nitrogens with zero attached hydrogens (tertiary/aromatic N) is 2. The Morgan fingerprint density at radius 1 is 1.05 bits per heavy atom. The Balaban J connectivity index is 1.55. The van der Waals surface area contributed by atoms with Gasteiger partial charge < -0.3 is 14.8 Å². The molecule has 15 heteroatoms. The van der Waals surface area contributed by atoms with Crippen LogP contribution in [0.3, 0.4) is 0 Å². The molecular formula is C27H25F6N3O5S. The fraction of sp³-hybridized carbons (Fsp3) is 0.333. The van der Waals surface area contributed by atoms with Crippen LogP contribution in [0.25, 0.3) is 11.1 Å². The molecule has 0 aliphatic carbocycles. The van der Waals surface area contributed by atoms with Crippen LogP contribution in [0.5, 0.6) is 5.88 Å². The van der Waals surface area contributed by atoms with Crippen molar-refractivity contribution in [3.05, 3.63) is 77.5 Å². The van der Waals surface area contributed by atoms with Gasteiger partial charge in [0.05, 0.1) is 11.5 Å². The minimum atomic E-state index is -4.76. The number of nitrogens with one attached hydrogen (secondary N) is 1. The molecule has 1 aromatic heterocycles. The predicted octanol–water partition coefficient (Wildman–Crippen LogP) is 4.49. The molecule has 0 spiro atoms. The minimum absolute atomic E-state index is 0.0406. The number of benzene rings is 2. The molecule has 1 amide bonds. The third-order valence-electron chi connectivity index (χ3n) is 6.34. The number of sulfonamides is 1. The zero-order valence-corrected chi connectivity index (χ0v) is 22.8. The lowest BCUT2D eigenvalue weighted by Crippen LogP contribution is -2.45. The summed E-state index contributed by atoms with van der Waals surface area (Å²) in [4.78, 5) is 16.2. The Labute approximate surface area is 237 Å². The first-order valence-electron chi connectivity index (χ1n) is 12.5. The maximum Gasteiger partial charge on any atom is 0.433 e. The molecule has 0 unspecified atom stereocenters. The van der Waals surface area contributed by atoms with Gasteiger partial charge >= 0.3 is 6.18 Å². The van der Waals surface area contributed by atoms with Crippen molar-refractivity contribution in [3.8, 4) is 17.0 Å². The normalized spacial score (nSPS) is 17.8. The molecule has 2 atom stereocenters. The average molecular weight is 618 g/mol. The Morgan fingerprint density at radius 2 is 1.76 bits per heavy atom. The van der Waals surface area contributed by atoms with Gasteiger partial charge in [-0.2, -0.15) is 17.5 Å². The number of methoxy groups -OCH3 is 1. The summed E-state index contributed by atoms with van der Waals surface area (Å²) in [5.74, 6) is -2.73. The van der Waals surface area contributed by atoms with E-state index in [1.165, 1.54) is 13.2 Å². The van der Waals surface area contributed by atoms with E-state index in [1.54, 1.807) is 0 Å². The van der Waals surface area contributed by atoms with E-state index in [1.807, 2.05) is 0 Å². The molecule has 8 nitrogen and oxygen atoms in total. The number of carbonyl (C=O) groups excluding carboxylic acids is 1. The molecule has 1 aliphatic heterocycles. The molecule has 1 N–H and O–H groups in total. The third-order valence-corrected chi connectivity index (χ3v) is 8.23. The summed E-state index contributed by atoms with van der Waals surface area (Å²) in [6, 6.07) is 7.71. The molecule has 2 aromatic carbocycles. The van der Waals surface area contributed by atoms with Gasteiger partial charge in [0.15, 0.2) is 0 Å². The highest BCUT2D eigenvalue weighted by molar-refractivity contribution is 7.89. The second-order valence-electron chi connectivity index (χ2n) is 9.33. The lowest BCUT2D eigenvalue weighted by atomic mass is 10.0. The largest absolute Gasteiger partial charge is 0.475 e. The van der Waals surface area contributed by atoms with Crippen molar-refractivity contribution in [1.82, 2.24) is 14.6 Å². The predicted molar refractivity (Wildman–Crippen MR) is 137 cm³/mol. The summed E-state index contributed by atoms with van der Waals surface area (Å²) in [7, 11) is -2.98. The average Bonchev–Trinajstić information content (AvgIpc) is 3.34. The highest BCUT2D eigenvalue weighted by atomic mass is 32.2. The monoisotopic (exact) mass is 617 g/mol. The highest BCUT2D eigenvalue weighted by Crippen LogP contribution is 2.35. The highest BCUT2D eigenvalue weighted by Gasteiger charge is 2.44. The van der Waals surface area contributed by atoms with Crippen molar-refractivity contribution in [2.75, 3.05) is 26.9 Å². The first-order chi connectivity index (χ1) is 19.8. The lowest BCUT2D eigenvalue weighted by Gasteiger charge is -2.23. The fourth-order valence-electron chi connectivity index (χ4n) is 4.37. The van der Waals surface area contributed by atoms with Gasteiger partial charge in [-0.3, -0.25) is 4.79 Å². The van der Waals surface area contributed by atoms with Crippen LogP contribution in [-0.2, 0) is 32.3 Å². The zero-order valence-electron chi connectivity index (χ0n) is 22.0. The lowest BCUT2D eigenvalue weighted by molar-refractivity contribution is -0.141. The van der Waals surface area contributed by atoms with E-state index in [-0.39, 0.29) is 41.3 Å². The summed E-state index contributed by atoms with van der Waals surface area (Å²) >= 11 is 0. The molecule has 1 fully saturated rings. The molecule has 42 heavy (non-hydrogen) atoms. The second-order valence-corrected chi connectivity index (χ2v) is 11.2. The SMILES string of the molecule is COCCOc1nc(C(F)(F)F)ccc1-c1cc(F)cc(CNC(=O)[C@@H]2C[C@@H](F)CN2S(=O)(=O)c2ccc(F)cc2)c1. The molecular weight excluding hydrogens is 592 g/mol. The van der Waals surface area contributed by atoms with Gasteiger partial charge in [-0.05, 0) is 65.7 Å². The van der Waals surface area contributed by atoms with Crippen LogP contribution < -0.4 is 10.1 Å². The maximum atomic E-state index is 14.6. The third kappa shape index (κ3) is 7.20. The van der Waals surface area contributed by atoms with Gasteiger partial charge in [-0.1, -0.05) is 0 Å². The van der Waals surface area contributed by atoms with Crippen LogP contribution >= 0.6 is 0 Å². The number of alkyl halides is 4. The van der Waals surface area contributed by atoms with E-state index >= 15 is 0 Å². The van der Waals surface area contributed by atoms with E-state index < -0.39 is 70.5 Å². The molecule has 4 rings (SSSR count). The summed E-state index contributed by atoms with van der Waals surface area (Å²) in [6.45, 7) is -0.999. The number of ether oxygens (including phenoxy) is 2. The zero-order chi connectivity index (χ0) is 30.7. The van der Waals surface area contributed by atoms with E-state index in [4.69, 9.17) is 9.47 Å². The van der Waals surface area contributed by atoms with Crippen LogP contribution in [0.2, 0.25) is 0 Å². The summed E-state index contributed by atoms with van der Waals surface area (Å²) in [6.07, 6.45) is -6.83. The number of halogens is 6. The van der Waals surface area contributed by atoms with Crippen LogP contribution in [0.1, 0.15) is 17.7 Å². The van der Waals surface area contributed by atoms with Gasteiger partial charge in [-0.15, -0.1) is 0 Å². The molecule has 2 heterocycles. The van der Waals surface area contributed by atoms with Gasteiger partial charge in [0, 0.05) is 32.2 Å². The molecule has 0 bridgehead atoms. The minimum Gasteiger partial charge on any atom is -0.475 e. The molecule has 3 aromatic rings. The molecule has 0 saturated carbocycles. The Morgan fingerprint density at radius 3 is 2.43 bits per heavy atom. The standard InChI is InChI=1S/C27H25F6N3O5S/c1-40-8-9-41-26-22(6-7-24(35-26)27(31,32)33)17-10-16(11-19(29)12-17)14-34-25(37)23-13-20(30)15-36(23)42(38,39)21-4-2-18(28)3-5-21/h2-7,10-12,20,23H,8-9,13-15H2,1H3,(H,34,37)/t20-,23+/m1/s1. The number of carbonyl (C=O) groups is 1. The van der Waals surface area contributed by atoms with Gasteiger partial charge in [-0.25, -0.2) is 26.6 Å². The van der Waals surface area contributed by atoms with Gasteiger partial charge in [0.25, 0.3) is 0 Å². The molecule has 226 valence electrons. The van der Waals surface area contributed by atoms with E-state index in [2.05, 4.69) is 10.3 Å². The van der Waals surface area contributed by atoms with Crippen molar-refractivity contribution in [3.63, 3.8) is 0 Å².